The number of halogens is 3. The first-order chi connectivity index (χ1) is 16.7. The van der Waals surface area contributed by atoms with E-state index in [-0.39, 0.29) is 6.54 Å². The van der Waals surface area contributed by atoms with Crippen LogP contribution < -0.4 is 5.73 Å². The smallest absolute Gasteiger partial charge is 0.387 e. The Morgan fingerprint density at radius 2 is 1.71 bits per heavy atom. The zero-order valence-corrected chi connectivity index (χ0v) is 19.4. The maximum atomic E-state index is 12.8. The van der Waals surface area contributed by atoms with Crippen molar-refractivity contribution in [2.24, 2.45) is 5.73 Å². The maximum Gasteiger partial charge on any atom is 0.416 e. The lowest BCUT2D eigenvalue weighted by Crippen LogP contribution is -2.47. The molecule has 2 bridgehead atoms. The minimum Gasteiger partial charge on any atom is -0.387 e. The van der Waals surface area contributed by atoms with Crippen LogP contribution in [-0.2, 0) is 17.5 Å². The number of alkyl halides is 3. The molecule has 0 radical (unpaired) electrons. The number of carbonyl (C=O) groups excluding carboxylic acids is 2. The minimum atomic E-state index is -4.41. The van der Waals surface area contributed by atoms with Crippen LogP contribution in [0.15, 0.2) is 48.5 Å². The number of aliphatic hydroxyl groups excluding tert-OH is 1. The van der Waals surface area contributed by atoms with Gasteiger partial charge in [0, 0.05) is 37.3 Å². The van der Waals surface area contributed by atoms with Gasteiger partial charge in [-0.3, -0.25) is 14.5 Å². The molecule has 2 aliphatic heterocycles. The summed E-state index contributed by atoms with van der Waals surface area (Å²) in [5, 5.41) is 9.42. The van der Waals surface area contributed by atoms with Crippen LogP contribution >= 0.6 is 0 Å². The van der Waals surface area contributed by atoms with E-state index in [4.69, 9.17) is 5.73 Å². The molecule has 2 amide bonds. The first-order valence-corrected chi connectivity index (χ1v) is 11.9. The third-order valence-electron chi connectivity index (χ3n) is 7.30. The Balaban J connectivity index is 1.39. The van der Waals surface area contributed by atoms with Gasteiger partial charge in [-0.05, 0) is 67.0 Å². The summed E-state index contributed by atoms with van der Waals surface area (Å²) in [5.74, 6) is -0.547. The Hall–Kier alpha value is -2.91. The third-order valence-corrected chi connectivity index (χ3v) is 7.30. The molecule has 2 unspecified atom stereocenters. The predicted octanol–water partition coefficient (Wildman–Crippen LogP) is 3.54. The fourth-order valence-electron chi connectivity index (χ4n) is 5.50. The number of aliphatic hydroxyl groups is 1. The van der Waals surface area contributed by atoms with Crippen LogP contribution in [0.3, 0.4) is 0 Å². The van der Waals surface area contributed by atoms with Crippen molar-refractivity contribution in [3.8, 4) is 0 Å². The van der Waals surface area contributed by atoms with Crippen LogP contribution in [0.5, 0.6) is 0 Å². The molecule has 0 aromatic heterocycles. The van der Waals surface area contributed by atoms with Crippen molar-refractivity contribution in [3.05, 3.63) is 70.8 Å². The van der Waals surface area contributed by atoms with Gasteiger partial charge >= 0.3 is 6.18 Å². The number of primary amides is 1. The highest BCUT2D eigenvalue weighted by atomic mass is 19.4. The van der Waals surface area contributed by atoms with E-state index in [2.05, 4.69) is 4.90 Å². The largest absolute Gasteiger partial charge is 0.416 e. The van der Waals surface area contributed by atoms with Crippen LogP contribution in [0.25, 0.3) is 0 Å². The molecule has 2 fully saturated rings. The second kappa shape index (κ2) is 10.4. The number of fused-ring (bicyclic) bond motifs is 2. The zero-order chi connectivity index (χ0) is 25.2. The van der Waals surface area contributed by atoms with E-state index >= 15 is 0 Å². The Kier molecular flexibility index (Phi) is 7.47. The second-order valence-corrected chi connectivity index (χ2v) is 9.45. The fourth-order valence-corrected chi connectivity index (χ4v) is 5.50. The van der Waals surface area contributed by atoms with Gasteiger partial charge in [0.1, 0.15) is 6.61 Å². The second-order valence-electron chi connectivity index (χ2n) is 9.45. The van der Waals surface area contributed by atoms with Gasteiger partial charge in [-0.15, -0.1) is 0 Å². The summed E-state index contributed by atoms with van der Waals surface area (Å²) in [6, 6.07) is 13.0. The Bertz CT molecular complexity index is 1040. The van der Waals surface area contributed by atoms with E-state index in [9.17, 15) is 27.9 Å². The van der Waals surface area contributed by atoms with Crippen LogP contribution in [0.2, 0.25) is 0 Å². The van der Waals surface area contributed by atoms with E-state index in [1.54, 1.807) is 6.07 Å². The van der Waals surface area contributed by atoms with Crippen molar-refractivity contribution in [3.63, 3.8) is 0 Å². The van der Waals surface area contributed by atoms with Gasteiger partial charge < -0.3 is 15.7 Å². The SMILES string of the molecule is NC(=O)c1cccc(C2CC3CCC(C2)N3CCN(Cc2ccc(C(F)(F)F)cc2)C(=O)CO)c1. The van der Waals surface area contributed by atoms with Crippen LogP contribution in [0.1, 0.15) is 58.6 Å². The van der Waals surface area contributed by atoms with Crippen molar-refractivity contribution in [1.82, 2.24) is 9.80 Å². The standard InChI is InChI=1S/C26H30F3N3O3/c27-26(28,29)21-6-4-17(5-7-21)15-31(24(34)16-33)10-11-32-22-8-9-23(32)14-20(13-22)18-2-1-3-19(12-18)25(30)35/h1-7,12,20,22-23,33H,8-11,13-16H2,(H2,30,35). The molecule has 0 saturated carbocycles. The van der Waals surface area contributed by atoms with Gasteiger partial charge in [-0.2, -0.15) is 13.2 Å². The number of carbonyl (C=O) groups is 2. The maximum absolute atomic E-state index is 12.8. The van der Waals surface area contributed by atoms with Crippen LogP contribution in [0, 0.1) is 0 Å². The first-order valence-electron chi connectivity index (χ1n) is 11.9. The molecule has 188 valence electrons. The number of nitrogens with zero attached hydrogens (tertiary/aromatic N) is 2. The summed E-state index contributed by atoms with van der Waals surface area (Å²) in [5.41, 5.74) is 6.92. The first kappa shape index (κ1) is 25.2. The number of hydrogen-bond acceptors (Lipinski definition) is 4. The average Bonchev–Trinajstić information content (AvgIpc) is 3.07. The molecular weight excluding hydrogens is 459 g/mol. The summed E-state index contributed by atoms with van der Waals surface area (Å²) in [4.78, 5) is 27.8. The van der Waals surface area contributed by atoms with Crippen molar-refractivity contribution < 1.29 is 27.9 Å². The van der Waals surface area contributed by atoms with Gasteiger partial charge in [0.25, 0.3) is 0 Å². The van der Waals surface area contributed by atoms with E-state index in [1.165, 1.54) is 17.0 Å². The van der Waals surface area contributed by atoms with Gasteiger partial charge in [0.05, 0.1) is 5.56 Å². The monoisotopic (exact) mass is 489 g/mol. The molecule has 2 heterocycles. The van der Waals surface area contributed by atoms with Crippen molar-refractivity contribution in [2.45, 2.75) is 56.4 Å². The van der Waals surface area contributed by atoms with Crippen molar-refractivity contribution in [1.29, 1.82) is 0 Å². The number of hydrogen-bond donors (Lipinski definition) is 2. The molecule has 0 spiro atoms. The lowest BCUT2D eigenvalue weighted by Gasteiger charge is -2.40. The highest BCUT2D eigenvalue weighted by Gasteiger charge is 2.41. The third kappa shape index (κ3) is 5.85. The van der Waals surface area contributed by atoms with E-state index in [1.807, 2.05) is 18.2 Å². The van der Waals surface area contributed by atoms with Crippen molar-refractivity contribution >= 4 is 11.8 Å². The lowest BCUT2D eigenvalue weighted by molar-refractivity contribution is -0.138. The van der Waals surface area contributed by atoms with Gasteiger partial charge in [-0.1, -0.05) is 24.3 Å². The molecule has 2 saturated heterocycles. The number of rotatable bonds is 8. The summed E-state index contributed by atoms with van der Waals surface area (Å²) in [7, 11) is 0. The molecule has 2 aliphatic rings. The van der Waals surface area contributed by atoms with Gasteiger partial charge in [0.15, 0.2) is 0 Å². The highest BCUT2D eigenvalue weighted by molar-refractivity contribution is 5.92. The summed E-state index contributed by atoms with van der Waals surface area (Å²) < 4.78 is 38.5. The fraction of sp³-hybridized carbons (Fsp3) is 0.462. The number of piperidine rings is 1. The van der Waals surface area contributed by atoms with E-state index in [0.717, 1.165) is 43.4 Å². The van der Waals surface area contributed by atoms with E-state index in [0.29, 0.717) is 42.2 Å². The van der Waals surface area contributed by atoms with Crippen molar-refractivity contribution in [2.75, 3.05) is 19.7 Å². The summed E-state index contributed by atoms with van der Waals surface area (Å²) in [6.45, 7) is 0.514. The normalized spacial score (nSPS) is 22.2. The molecule has 2 atom stereocenters. The molecule has 2 aromatic rings. The highest BCUT2D eigenvalue weighted by Crippen LogP contribution is 2.43. The Morgan fingerprint density at radius 1 is 1.06 bits per heavy atom. The predicted molar refractivity (Wildman–Crippen MR) is 124 cm³/mol. The zero-order valence-electron chi connectivity index (χ0n) is 19.4. The van der Waals surface area contributed by atoms with Crippen LogP contribution in [0.4, 0.5) is 13.2 Å². The summed E-state index contributed by atoms with van der Waals surface area (Å²) >= 11 is 0. The Morgan fingerprint density at radius 3 is 2.29 bits per heavy atom. The molecule has 0 aliphatic carbocycles. The Labute approximate surface area is 202 Å². The minimum absolute atomic E-state index is 0.142. The topological polar surface area (TPSA) is 86.9 Å². The number of amides is 2. The van der Waals surface area contributed by atoms with Gasteiger partial charge in [-0.25, -0.2) is 0 Å². The quantitative estimate of drug-likeness (QED) is 0.594. The van der Waals surface area contributed by atoms with Gasteiger partial charge in [0.2, 0.25) is 11.8 Å². The van der Waals surface area contributed by atoms with Crippen LogP contribution in [-0.4, -0.2) is 58.5 Å². The molecule has 6 nitrogen and oxygen atoms in total. The molecule has 9 heteroatoms. The molecule has 3 N–H and O–H groups in total. The number of nitrogens with two attached hydrogens (primary N) is 1. The molecular formula is C26H30F3N3O3. The molecule has 35 heavy (non-hydrogen) atoms. The molecule has 4 rings (SSSR count). The van der Waals surface area contributed by atoms with E-state index < -0.39 is 30.2 Å². The summed E-state index contributed by atoms with van der Waals surface area (Å²) in [6.07, 6.45) is -0.393. The molecule has 2 aromatic carbocycles. The lowest BCUT2D eigenvalue weighted by atomic mass is 9.84. The average molecular weight is 490 g/mol. The number of benzene rings is 2.